The Bertz CT molecular complexity index is 253. The Kier molecular flexibility index (Phi) is 4.49. The number of carboxylic acid groups (broad SMARTS) is 1. The normalized spacial score (nSPS) is 10.8. The molecule has 0 aliphatic rings. The number of carboxylic acids is 1. The highest BCUT2D eigenvalue weighted by Gasteiger charge is 2.24. The maximum Gasteiger partial charge on any atom is 0.386 e. The van der Waals surface area contributed by atoms with E-state index >= 15 is 0 Å². The zero-order chi connectivity index (χ0) is 11.4. The number of carbonyl (C=O) groups excluding carboxylic acids is 2. The maximum absolute atomic E-state index is 10.7. The minimum absolute atomic E-state index is 0.119. The number of Topliss-reactive ketones (excluding diaryl/α,β-unsaturated/α-hetero) is 1. The van der Waals surface area contributed by atoms with Crippen LogP contribution in [0.1, 0.15) is 0 Å². The summed E-state index contributed by atoms with van der Waals surface area (Å²) in [5.74, 6) is -4.57. The van der Waals surface area contributed by atoms with Gasteiger partial charge in [0.25, 0.3) is 0 Å². The lowest BCUT2D eigenvalue weighted by molar-refractivity contribution is -0.161. The van der Waals surface area contributed by atoms with Gasteiger partial charge in [-0.25, -0.2) is 9.59 Å². The molecule has 80 valence electrons. The average Bonchev–Trinajstić information content (AvgIpc) is 2.00. The number of hydrogen-bond donors (Lipinski definition) is 1. The summed E-state index contributed by atoms with van der Waals surface area (Å²) in [5.41, 5.74) is 0. The third-order valence-corrected chi connectivity index (χ3v) is 3.17. The summed E-state index contributed by atoms with van der Waals surface area (Å²) in [5, 5.41) is 8.17. The Morgan fingerprint density at radius 1 is 1.21 bits per heavy atom. The zero-order valence-electron chi connectivity index (χ0n) is 8.49. The molecule has 6 heteroatoms. The second kappa shape index (κ2) is 4.90. The topological polar surface area (TPSA) is 80.7 Å². The largest absolute Gasteiger partial charge is 0.475 e. The predicted molar refractivity (Wildman–Crippen MR) is 51.8 cm³/mol. The highest BCUT2D eigenvalue weighted by molar-refractivity contribution is 6.76. The molecule has 0 unspecified atom stereocenters. The van der Waals surface area contributed by atoms with E-state index in [2.05, 4.69) is 24.4 Å². The van der Waals surface area contributed by atoms with Crippen molar-refractivity contribution in [2.45, 2.75) is 25.7 Å². The first kappa shape index (κ1) is 12.8. The van der Waals surface area contributed by atoms with Crippen molar-refractivity contribution in [3.63, 3.8) is 0 Å². The summed E-state index contributed by atoms with van der Waals surface area (Å²) in [6.45, 7) is 6.37. The highest BCUT2D eigenvalue weighted by atomic mass is 28.3. The Balaban J connectivity index is 3.87. The molecule has 0 amide bonds. The Morgan fingerprint density at radius 3 is 2.07 bits per heavy atom. The van der Waals surface area contributed by atoms with E-state index in [-0.39, 0.29) is 6.61 Å². The number of esters is 1. The van der Waals surface area contributed by atoms with Crippen molar-refractivity contribution in [2.75, 3.05) is 6.61 Å². The van der Waals surface area contributed by atoms with E-state index in [1.807, 2.05) is 0 Å². The smallest absolute Gasteiger partial charge is 0.386 e. The van der Waals surface area contributed by atoms with Crippen molar-refractivity contribution in [1.82, 2.24) is 0 Å². The molecule has 0 rings (SSSR count). The molecule has 0 aromatic carbocycles. The number of rotatable bonds is 5. The quantitative estimate of drug-likeness (QED) is 0.315. The van der Waals surface area contributed by atoms with E-state index < -0.39 is 25.8 Å². The van der Waals surface area contributed by atoms with E-state index in [4.69, 9.17) is 5.11 Å². The number of aliphatic carboxylic acids is 1. The summed E-state index contributed by atoms with van der Waals surface area (Å²) < 4.78 is 4.51. The summed E-state index contributed by atoms with van der Waals surface area (Å²) >= 11 is 0. The molecule has 0 saturated carbocycles. The van der Waals surface area contributed by atoms with Gasteiger partial charge in [-0.1, -0.05) is 19.6 Å². The monoisotopic (exact) mass is 218 g/mol. The van der Waals surface area contributed by atoms with Gasteiger partial charge in [0.1, 0.15) is 0 Å². The van der Waals surface area contributed by atoms with Crippen LogP contribution in [0.5, 0.6) is 0 Å². The second-order valence-electron chi connectivity index (χ2n) is 4.08. The van der Waals surface area contributed by atoms with E-state index in [0.717, 1.165) is 0 Å². The van der Waals surface area contributed by atoms with Crippen molar-refractivity contribution in [3.8, 4) is 0 Å². The van der Waals surface area contributed by atoms with Crippen LogP contribution in [-0.2, 0) is 19.1 Å². The molecule has 1 N–H and O–H groups in total. The molecule has 0 fully saturated rings. The van der Waals surface area contributed by atoms with Gasteiger partial charge in [-0.05, 0) is 6.04 Å². The molecule has 0 spiro atoms. The standard InChI is InChI=1S/C8H14O5Si/c1-14(2,3)5-4-13-8(12)6(9)7(10)11/h4-5H2,1-3H3,(H,10,11). The molecule has 0 aliphatic heterocycles. The minimum atomic E-state index is -1.77. The fourth-order valence-electron chi connectivity index (χ4n) is 0.603. The van der Waals surface area contributed by atoms with Gasteiger partial charge in [0, 0.05) is 8.07 Å². The SMILES string of the molecule is C[Si](C)(C)CCOC(=O)C(=O)C(=O)O. The summed E-state index contributed by atoms with van der Waals surface area (Å²) in [4.78, 5) is 31.3. The van der Waals surface area contributed by atoms with Crippen LogP contribution in [0.3, 0.4) is 0 Å². The maximum atomic E-state index is 10.7. The fraction of sp³-hybridized carbons (Fsp3) is 0.625. The first-order valence-corrected chi connectivity index (χ1v) is 7.89. The molecule has 0 aliphatic carbocycles. The molecule has 0 saturated heterocycles. The van der Waals surface area contributed by atoms with Gasteiger partial charge in [-0.15, -0.1) is 0 Å². The van der Waals surface area contributed by atoms with E-state index in [0.29, 0.717) is 6.04 Å². The third kappa shape index (κ3) is 5.47. The van der Waals surface area contributed by atoms with Crippen molar-refractivity contribution in [3.05, 3.63) is 0 Å². The number of hydrogen-bond acceptors (Lipinski definition) is 4. The summed E-state index contributed by atoms with van der Waals surface area (Å²) in [6.07, 6.45) is 0. The Hall–Kier alpha value is -1.17. The van der Waals surface area contributed by atoms with E-state index in [1.165, 1.54) is 0 Å². The fourth-order valence-corrected chi connectivity index (χ4v) is 1.32. The van der Waals surface area contributed by atoms with E-state index in [9.17, 15) is 14.4 Å². The molecule has 0 atom stereocenters. The van der Waals surface area contributed by atoms with Crippen LogP contribution in [0.15, 0.2) is 0 Å². The van der Waals surface area contributed by atoms with Gasteiger partial charge in [-0.3, -0.25) is 4.79 Å². The lowest BCUT2D eigenvalue weighted by Gasteiger charge is -2.14. The van der Waals surface area contributed by atoms with E-state index in [1.54, 1.807) is 0 Å². The van der Waals surface area contributed by atoms with Gasteiger partial charge in [0.15, 0.2) is 0 Å². The lowest BCUT2D eigenvalue weighted by Crippen LogP contribution is -2.28. The first-order valence-electron chi connectivity index (χ1n) is 4.18. The van der Waals surface area contributed by atoms with Crippen LogP contribution in [0, 0.1) is 0 Å². The second-order valence-corrected chi connectivity index (χ2v) is 9.70. The summed E-state index contributed by atoms with van der Waals surface area (Å²) in [7, 11) is -1.32. The molecule has 14 heavy (non-hydrogen) atoms. The van der Waals surface area contributed by atoms with Crippen molar-refractivity contribution >= 4 is 25.8 Å². The van der Waals surface area contributed by atoms with Crippen molar-refractivity contribution < 1.29 is 24.2 Å². The van der Waals surface area contributed by atoms with Crippen molar-refractivity contribution in [2.24, 2.45) is 0 Å². The van der Waals surface area contributed by atoms with Crippen LogP contribution < -0.4 is 0 Å². The Labute approximate surface area is 83.1 Å². The molecular formula is C8H14O5Si. The Morgan fingerprint density at radius 2 is 1.71 bits per heavy atom. The number of ether oxygens (including phenoxy) is 1. The summed E-state index contributed by atoms with van der Waals surface area (Å²) in [6, 6.07) is 0.714. The average molecular weight is 218 g/mol. The highest BCUT2D eigenvalue weighted by Crippen LogP contribution is 2.07. The first-order chi connectivity index (χ1) is 6.24. The van der Waals surface area contributed by atoms with Crippen molar-refractivity contribution in [1.29, 1.82) is 0 Å². The van der Waals surface area contributed by atoms with Crippen LogP contribution >= 0.6 is 0 Å². The molecule has 0 radical (unpaired) electrons. The molecule has 0 aromatic rings. The van der Waals surface area contributed by atoms with Crippen LogP contribution in [-0.4, -0.2) is 37.5 Å². The van der Waals surface area contributed by atoms with Crippen LogP contribution in [0.4, 0.5) is 0 Å². The molecule has 5 nitrogen and oxygen atoms in total. The molecule has 0 bridgehead atoms. The zero-order valence-corrected chi connectivity index (χ0v) is 9.49. The van der Waals surface area contributed by atoms with Gasteiger partial charge in [0.2, 0.25) is 0 Å². The predicted octanol–water partition coefficient (Wildman–Crippen LogP) is 0.521. The van der Waals surface area contributed by atoms with Crippen LogP contribution in [0.2, 0.25) is 25.7 Å². The number of ketones is 1. The van der Waals surface area contributed by atoms with Gasteiger partial charge in [0.05, 0.1) is 6.61 Å². The van der Waals surface area contributed by atoms with Crippen LogP contribution in [0.25, 0.3) is 0 Å². The molecular weight excluding hydrogens is 204 g/mol. The third-order valence-electron chi connectivity index (χ3n) is 1.46. The minimum Gasteiger partial charge on any atom is -0.475 e. The molecule has 0 heterocycles. The van der Waals surface area contributed by atoms with Gasteiger partial charge >= 0.3 is 17.7 Å². The number of carbonyl (C=O) groups is 3. The van der Waals surface area contributed by atoms with Gasteiger partial charge in [-0.2, -0.15) is 0 Å². The molecule has 0 aromatic heterocycles. The van der Waals surface area contributed by atoms with Gasteiger partial charge < -0.3 is 9.84 Å². The lowest BCUT2D eigenvalue weighted by atomic mass is 10.4.